The lowest BCUT2D eigenvalue weighted by Crippen LogP contribution is -2.34. The Hall–Kier alpha value is -0.860. The largest absolute Gasteiger partial charge is 0.316 e. The normalized spacial score (nSPS) is 23.8. The monoisotopic (exact) mass is 246 g/mol. The summed E-state index contributed by atoms with van der Waals surface area (Å²) >= 11 is 0. The summed E-state index contributed by atoms with van der Waals surface area (Å²) in [4.78, 5) is 2.45. The predicted octanol–water partition coefficient (Wildman–Crippen LogP) is 2.68. The van der Waals surface area contributed by atoms with Crippen LogP contribution < -0.4 is 5.32 Å². The number of nitrogens with one attached hydrogen (secondary N) is 1. The van der Waals surface area contributed by atoms with Crippen LogP contribution in [0, 0.1) is 5.41 Å². The van der Waals surface area contributed by atoms with Crippen molar-refractivity contribution in [1.82, 2.24) is 10.2 Å². The number of benzene rings is 1. The summed E-state index contributed by atoms with van der Waals surface area (Å²) in [6.45, 7) is 9.16. The van der Waals surface area contributed by atoms with Gasteiger partial charge in [-0.25, -0.2) is 0 Å². The molecule has 1 atom stereocenters. The van der Waals surface area contributed by atoms with Gasteiger partial charge in [-0.3, -0.25) is 0 Å². The second-order valence-corrected chi connectivity index (χ2v) is 6.08. The molecule has 0 aromatic heterocycles. The number of hydrogen-bond donors (Lipinski definition) is 1. The fourth-order valence-electron chi connectivity index (χ4n) is 2.90. The summed E-state index contributed by atoms with van der Waals surface area (Å²) in [5, 5.41) is 3.47. The zero-order valence-electron chi connectivity index (χ0n) is 12.0. The molecule has 18 heavy (non-hydrogen) atoms. The molecular formula is C16H26N2. The van der Waals surface area contributed by atoms with Gasteiger partial charge in [-0.1, -0.05) is 38.1 Å². The first-order chi connectivity index (χ1) is 8.61. The minimum absolute atomic E-state index is 0.456. The van der Waals surface area contributed by atoms with Gasteiger partial charge in [0.05, 0.1) is 0 Å². The highest BCUT2D eigenvalue weighted by Crippen LogP contribution is 2.25. The molecule has 1 unspecified atom stereocenters. The molecule has 0 spiro atoms. The molecule has 1 N–H and O–H groups in total. The lowest BCUT2D eigenvalue weighted by atomic mass is 9.89. The second kappa shape index (κ2) is 5.85. The molecule has 1 aliphatic heterocycles. The van der Waals surface area contributed by atoms with Crippen molar-refractivity contribution in [2.45, 2.75) is 33.2 Å². The maximum atomic E-state index is 3.47. The zero-order chi connectivity index (χ0) is 13.0. The van der Waals surface area contributed by atoms with E-state index in [4.69, 9.17) is 0 Å². The van der Waals surface area contributed by atoms with Crippen LogP contribution in [-0.4, -0.2) is 31.6 Å². The van der Waals surface area contributed by atoms with Crippen molar-refractivity contribution in [2.24, 2.45) is 5.41 Å². The summed E-state index contributed by atoms with van der Waals surface area (Å²) < 4.78 is 0. The smallest absolute Gasteiger partial charge is 0.0230 e. The van der Waals surface area contributed by atoms with Crippen LogP contribution in [0.3, 0.4) is 0 Å². The van der Waals surface area contributed by atoms with Crippen molar-refractivity contribution in [3.05, 3.63) is 35.4 Å². The van der Waals surface area contributed by atoms with Crippen molar-refractivity contribution in [2.75, 3.05) is 26.7 Å². The standard InChI is InChI=1S/C16H26N2/c1-4-14-5-7-15(8-6-14)11-18(3)13-16(2)9-10-17-12-16/h5-8,17H,4,9-13H2,1-3H3. The fraction of sp³-hybridized carbons (Fsp3) is 0.625. The number of hydrogen-bond acceptors (Lipinski definition) is 2. The summed E-state index contributed by atoms with van der Waals surface area (Å²) in [5.74, 6) is 0. The van der Waals surface area contributed by atoms with Crippen molar-refractivity contribution >= 4 is 0 Å². The van der Waals surface area contributed by atoms with Gasteiger partial charge in [0.25, 0.3) is 0 Å². The average Bonchev–Trinajstić information content (AvgIpc) is 2.76. The minimum Gasteiger partial charge on any atom is -0.316 e. The molecule has 1 aromatic carbocycles. The lowest BCUT2D eigenvalue weighted by Gasteiger charge is -2.29. The van der Waals surface area contributed by atoms with Crippen LogP contribution >= 0.6 is 0 Å². The van der Waals surface area contributed by atoms with Crippen LogP contribution in [0.15, 0.2) is 24.3 Å². The van der Waals surface area contributed by atoms with E-state index in [0.29, 0.717) is 5.41 Å². The summed E-state index contributed by atoms with van der Waals surface area (Å²) in [6.07, 6.45) is 2.42. The SMILES string of the molecule is CCc1ccc(CN(C)CC2(C)CCNC2)cc1. The Kier molecular flexibility index (Phi) is 4.41. The molecule has 1 aliphatic rings. The molecule has 1 saturated heterocycles. The highest BCUT2D eigenvalue weighted by molar-refractivity contribution is 5.22. The van der Waals surface area contributed by atoms with Crippen molar-refractivity contribution in [1.29, 1.82) is 0 Å². The molecule has 1 aromatic rings. The van der Waals surface area contributed by atoms with E-state index in [1.54, 1.807) is 0 Å². The molecule has 0 radical (unpaired) electrons. The van der Waals surface area contributed by atoms with Crippen LogP contribution in [0.2, 0.25) is 0 Å². The molecule has 0 saturated carbocycles. The molecule has 1 fully saturated rings. The summed E-state index contributed by atoms with van der Waals surface area (Å²) in [5.41, 5.74) is 3.30. The van der Waals surface area contributed by atoms with Gasteiger partial charge in [0, 0.05) is 19.6 Å². The van der Waals surface area contributed by atoms with Gasteiger partial charge in [-0.15, -0.1) is 0 Å². The molecule has 0 amide bonds. The molecule has 2 nitrogen and oxygen atoms in total. The Bertz CT molecular complexity index is 363. The van der Waals surface area contributed by atoms with E-state index in [1.807, 2.05) is 0 Å². The average molecular weight is 246 g/mol. The zero-order valence-corrected chi connectivity index (χ0v) is 12.0. The van der Waals surface area contributed by atoms with E-state index in [2.05, 4.69) is 55.4 Å². The maximum absolute atomic E-state index is 3.47. The van der Waals surface area contributed by atoms with Crippen molar-refractivity contribution in [3.8, 4) is 0 Å². The van der Waals surface area contributed by atoms with Crippen LogP contribution in [0.1, 0.15) is 31.4 Å². The van der Waals surface area contributed by atoms with Crippen LogP contribution in [0.5, 0.6) is 0 Å². The fourth-order valence-corrected chi connectivity index (χ4v) is 2.90. The molecule has 2 heteroatoms. The number of rotatable bonds is 5. The van der Waals surface area contributed by atoms with Gasteiger partial charge in [0.2, 0.25) is 0 Å². The van der Waals surface area contributed by atoms with Crippen molar-refractivity contribution in [3.63, 3.8) is 0 Å². The molecular weight excluding hydrogens is 220 g/mol. The van der Waals surface area contributed by atoms with Crippen molar-refractivity contribution < 1.29 is 0 Å². The van der Waals surface area contributed by atoms with Gasteiger partial charge in [-0.05, 0) is 43.0 Å². The Morgan fingerprint density at radius 3 is 2.44 bits per heavy atom. The van der Waals surface area contributed by atoms with Gasteiger partial charge in [0.15, 0.2) is 0 Å². The second-order valence-electron chi connectivity index (χ2n) is 6.08. The minimum atomic E-state index is 0.456. The van der Waals surface area contributed by atoms with E-state index in [1.165, 1.54) is 30.6 Å². The predicted molar refractivity (Wildman–Crippen MR) is 77.7 cm³/mol. The maximum Gasteiger partial charge on any atom is 0.0230 e. The Morgan fingerprint density at radius 2 is 1.89 bits per heavy atom. The summed E-state index contributed by atoms with van der Waals surface area (Å²) in [6, 6.07) is 9.04. The first-order valence-corrected chi connectivity index (χ1v) is 7.08. The van der Waals surface area contributed by atoms with E-state index >= 15 is 0 Å². The highest BCUT2D eigenvalue weighted by Gasteiger charge is 2.29. The van der Waals surface area contributed by atoms with Gasteiger partial charge < -0.3 is 10.2 Å². The molecule has 100 valence electrons. The van der Waals surface area contributed by atoms with Gasteiger partial charge >= 0.3 is 0 Å². The van der Waals surface area contributed by atoms with E-state index in [9.17, 15) is 0 Å². The van der Waals surface area contributed by atoms with E-state index in [0.717, 1.165) is 19.5 Å². The van der Waals surface area contributed by atoms with Gasteiger partial charge in [-0.2, -0.15) is 0 Å². The Labute approximate surface area is 111 Å². The van der Waals surface area contributed by atoms with Crippen LogP contribution in [0.25, 0.3) is 0 Å². The molecule has 0 aliphatic carbocycles. The van der Waals surface area contributed by atoms with Crippen LogP contribution in [-0.2, 0) is 13.0 Å². The third-order valence-electron chi connectivity index (χ3n) is 3.99. The van der Waals surface area contributed by atoms with E-state index < -0.39 is 0 Å². The number of aryl methyl sites for hydroxylation is 1. The third-order valence-corrected chi connectivity index (χ3v) is 3.99. The molecule has 0 bridgehead atoms. The lowest BCUT2D eigenvalue weighted by molar-refractivity contribution is 0.203. The first kappa shape index (κ1) is 13.6. The first-order valence-electron chi connectivity index (χ1n) is 7.08. The van der Waals surface area contributed by atoms with E-state index in [-0.39, 0.29) is 0 Å². The quantitative estimate of drug-likeness (QED) is 0.859. The third kappa shape index (κ3) is 3.56. The summed E-state index contributed by atoms with van der Waals surface area (Å²) in [7, 11) is 2.23. The highest BCUT2D eigenvalue weighted by atomic mass is 15.1. The number of nitrogens with zero attached hydrogens (tertiary/aromatic N) is 1. The Morgan fingerprint density at radius 1 is 1.22 bits per heavy atom. The van der Waals surface area contributed by atoms with Crippen LogP contribution in [0.4, 0.5) is 0 Å². The topological polar surface area (TPSA) is 15.3 Å². The van der Waals surface area contributed by atoms with Gasteiger partial charge in [0.1, 0.15) is 0 Å². The Balaban J connectivity index is 1.88. The molecule has 2 rings (SSSR count). The molecule has 1 heterocycles.